The molecule has 1 aliphatic rings. The molecule has 0 aromatic heterocycles. The molecular weight excluding hydrogens is 371 g/mol. The summed E-state index contributed by atoms with van der Waals surface area (Å²) in [6, 6.07) is 7.55. The van der Waals surface area contributed by atoms with Crippen molar-refractivity contribution in [2.24, 2.45) is 0 Å². The number of carbonyl (C=O) groups is 2. The number of rotatable bonds is 4. The van der Waals surface area contributed by atoms with E-state index in [9.17, 15) is 9.59 Å². The highest BCUT2D eigenvalue weighted by atomic mass is 127. The number of hydrogen-bond donors (Lipinski definition) is 1. The van der Waals surface area contributed by atoms with E-state index in [2.05, 4.69) is 27.5 Å². The summed E-state index contributed by atoms with van der Waals surface area (Å²) in [6.07, 6.45) is 0.158. The fraction of sp³-hybridized carbons (Fsp3) is 0.429. The first-order chi connectivity index (χ1) is 9.56. The van der Waals surface area contributed by atoms with E-state index in [0.29, 0.717) is 25.2 Å². The molecule has 0 spiro atoms. The van der Waals surface area contributed by atoms with Crippen molar-refractivity contribution in [3.63, 3.8) is 0 Å². The van der Waals surface area contributed by atoms with Gasteiger partial charge in [0.25, 0.3) is 5.91 Å². The quantitative estimate of drug-likeness (QED) is 0.795. The lowest BCUT2D eigenvalue weighted by atomic mass is 10.2. The van der Waals surface area contributed by atoms with Gasteiger partial charge < -0.3 is 10.0 Å². The molecule has 1 heterocycles. The largest absolute Gasteiger partial charge is 0.481 e. The third-order valence-electron chi connectivity index (χ3n) is 3.39. The molecule has 0 atom stereocenters. The molecule has 0 saturated carbocycles. The molecule has 1 aliphatic heterocycles. The Balaban J connectivity index is 1.85. The van der Waals surface area contributed by atoms with Crippen molar-refractivity contribution in [1.82, 2.24) is 9.80 Å². The Bertz CT molecular complexity index is 482. The predicted molar refractivity (Wildman–Crippen MR) is 83.8 cm³/mol. The zero-order valence-electron chi connectivity index (χ0n) is 11.1. The van der Waals surface area contributed by atoms with Gasteiger partial charge in [-0.3, -0.25) is 14.5 Å². The van der Waals surface area contributed by atoms with E-state index in [-0.39, 0.29) is 12.3 Å². The monoisotopic (exact) mass is 388 g/mol. The first-order valence-electron chi connectivity index (χ1n) is 6.55. The molecule has 1 fully saturated rings. The Labute approximate surface area is 131 Å². The van der Waals surface area contributed by atoms with Gasteiger partial charge in [0.15, 0.2) is 0 Å². The summed E-state index contributed by atoms with van der Waals surface area (Å²) in [6.45, 7) is 3.35. The van der Waals surface area contributed by atoms with Gasteiger partial charge >= 0.3 is 5.97 Å². The molecule has 1 aromatic rings. The van der Waals surface area contributed by atoms with Crippen molar-refractivity contribution in [3.05, 3.63) is 33.4 Å². The van der Waals surface area contributed by atoms with Crippen LogP contribution in [0.5, 0.6) is 0 Å². The van der Waals surface area contributed by atoms with Crippen molar-refractivity contribution >= 4 is 34.5 Å². The van der Waals surface area contributed by atoms with E-state index >= 15 is 0 Å². The van der Waals surface area contributed by atoms with Crippen LogP contribution in [0.15, 0.2) is 24.3 Å². The average molecular weight is 388 g/mol. The third kappa shape index (κ3) is 4.17. The number of nitrogens with zero attached hydrogens (tertiary/aromatic N) is 2. The molecule has 0 radical (unpaired) electrons. The number of benzene rings is 1. The van der Waals surface area contributed by atoms with E-state index in [1.54, 1.807) is 0 Å². The van der Waals surface area contributed by atoms with Crippen LogP contribution in [-0.2, 0) is 4.79 Å². The average Bonchev–Trinajstić information content (AvgIpc) is 2.46. The zero-order chi connectivity index (χ0) is 14.5. The van der Waals surface area contributed by atoms with Crippen LogP contribution in [0.4, 0.5) is 0 Å². The summed E-state index contributed by atoms with van der Waals surface area (Å²) >= 11 is 2.21. The Morgan fingerprint density at radius 3 is 2.25 bits per heavy atom. The molecule has 5 nitrogen and oxygen atoms in total. The van der Waals surface area contributed by atoms with Gasteiger partial charge in [0.2, 0.25) is 0 Å². The molecule has 20 heavy (non-hydrogen) atoms. The highest BCUT2D eigenvalue weighted by molar-refractivity contribution is 14.1. The standard InChI is InChI=1S/C14H17IN2O3/c15-12-3-1-11(2-4-12)14(20)17-9-7-16(8-10-17)6-5-13(18)19/h1-4H,5-10H2,(H,18,19). The maximum absolute atomic E-state index is 12.3. The number of carbonyl (C=O) groups excluding carboxylic acids is 1. The topological polar surface area (TPSA) is 60.9 Å². The summed E-state index contributed by atoms with van der Waals surface area (Å²) in [4.78, 5) is 26.8. The zero-order valence-corrected chi connectivity index (χ0v) is 13.2. The van der Waals surface area contributed by atoms with Gasteiger partial charge in [-0.05, 0) is 46.9 Å². The number of halogens is 1. The summed E-state index contributed by atoms with van der Waals surface area (Å²) in [5.41, 5.74) is 0.712. The Morgan fingerprint density at radius 1 is 1.10 bits per heavy atom. The first kappa shape index (κ1) is 15.2. The number of carboxylic acids is 1. The fourth-order valence-electron chi connectivity index (χ4n) is 2.20. The number of amides is 1. The van der Waals surface area contributed by atoms with Gasteiger partial charge in [-0.25, -0.2) is 0 Å². The molecule has 1 amide bonds. The molecular formula is C14H17IN2O3. The maximum atomic E-state index is 12.3. The molecule has 1 N–H and O–H groups in total. The molecule has 108 valence electrons. The second kappa shape index (κ2) is 7.03. The second-order valence-electron chi connectivity index (χ2n) is 4.78. The minimum Gasteiger partial charge on any atom is -0.481 e. The third-order valence-corrected chi connectivity index (χ3v) is 4.11. The van der Waals surface area contributed by atoms with Crippen LogP contribution in [-0.4, -0.2) is 59.5 Å². The van der Waals surface area contributed by atoms with E-state index in [0.717, 1.165) is 16.7 Å². The minimum absolute atomic E-state index is 0.0549. The number of aliphatic carboxylic acids is 1. The van der Waals surface area contributed by atoms with Gasteiger partial charge in [-0.1, -0.05) is 0 Å². The van der Waals surface area contributed by atoms with Gasteiger partial charge in [-0.2, -0.15) is 0 Å². The van der Waals surface area contributed by atoms with Crippen LogP contribution in [0.2, 0.25) is 0 Å². The highest BCUT2D eigenvalue weighted by Gasteiger charge is 2.22. The molecule has 1 aromatic carbocycles. The predicted octanol–water partition coefficient (Wildman–Crippen LogP) is 1.52. The van der Waals surface area contributed by atoms with Crippen molar-refractivity contribution in [3.8, 4) is 0 Å². The van der Waals surface area contributed by atoms with Crippen molar-refractivity contribution < 1.29 is 14.7 Å². The van der Waals surface area contributed by atoms with Gasteiger partial charge in [-0.15, -0.1) is 0 Å². The normalized spacial score (nSPS) is 16.1. The highest BCUT2D eigenvalue weighted by Crippen LogP contribution is 2.11. The fourth-order valence-corrected chi connectivity index (χ4v) is 2.56. The van der Waals surface area contributed by atoms with E-state index in [4.69, 9.17) is 5.11 Å². The lowest BCUT2D eigenvalue weighted by Gasteiger charge is -2.34. The molecule has 0 bridgehead atoms. The molecule has 6 heteroatoms. The number of piperazine rings is 1. The second-order valence-corrected chi connectivity index (χ2v) is 6.03. The summed E-state index contributed by atoms with van der Waals surface area (Å²) in [7, 11) is 0. The molecule has 1 saturated heterocycles. The van der Waals surface area contributed by atoms with Crippen LogP contribution in [0, 0.1) is 3.57 Å². The molecule has 0 unspecified atom stereocenters. The lowest BCUT2D eigenvalue weighted by Crippen LogP contribution is -2.49. The Hall–Kier alpha value is -1.15. The van der Waals surface area contributed by atoms with Crippen molar-refractivity contribution in [2.45, 2.75) is 6.42 Å². The Morgan fingerprint density at radius 2 is 1.70 bits per heavy atom. The number of carboxylic acid groups (broad SMARTS) is 1. The van der Waals surface area contributed by atoms with E-state index in [1.807, 2.05) is 29.2 Å². The van der Waals surface area contributed by atoms with Gasteiger partial charge in [0.05, 0.1) is 6.42 Å². The smallest absolute Gasteiger partial charge is 0.304 e. The summed E-state index contributed by atoms with van der Waals surface area (Å²) in [5, 5.41) is 8.66. The SMILES string of the molecule is O=C(O)CCN1CCN(C(=O)c2ccc(I)cc2)CC1. The molecule has 0 aliphatic carbocycles. The van der Waals surface area contributed by atoms with E-state index < -0.39 is 5.97 Å². The van der Waals surface area contributed by atoms with Crippen LogP contribution >= 0.6 is 22.6 Å². The molecule has 2 rings (SSSR count). The van der Waals surface area contributed by atoms with E-state index in [1.165, 1.54) is 0 Å². The van der Waals surface area contributed by atoms with Gasteiger partial charge in [0, 0.05) is 41.9 Å². The minimum atomic E-state index is -0.776. The number of hydrogen-bond acceptors (Lipinski definition) is 3. The van der Waals surface area contributed by atoms with Crippen molar-refractivity contribution in [1.29, 1.82) is 0 Å². The lowest BCUT2D eigenvalue weighted by molar-refractivity contribution is -0.137. The van der Waals surface area contributed by atoms with Crippen LogP contribution < -0.4 is 0 Å². The van der Waals surface area contributed by atoms with Crippen LogP contribution in [0.3, 0.4) is 0 Å². The van der Waals surface area contributed by atoms with Crippen LogP contribution in [0.25, 0.3) is 0 Å². The first-order valence-corrected chi connectivity index (χ1v) is 7.63. The van der Waals surface area contributed by atoms with Gasteiger partial charge in [0.1, 0.15) is 0 Å². The summed E-state index contributed by atoms with van der Waals surface area (Å²) in [5.74, 6) is -0.721. The Kier molecular flexibility index (Phi) is 5.36. The summed E-state index contributed by atoms with van der Waals surface area (Å²) < 4.78 is 1.11. The van der Waals surface area contributed by atoms with Crippen LogP contribution in [0.1, 0.15) is 16.8 Å². The van der Waals surface area contributed by atoms with Crippen molar-refractivity contribution in [2.75, 3.05) is 32.7 Å². The maximum Gasteiger partial charge on any atom is 0.304 e.